The van der Waals surface area contributed by atoms with Crippen LogP contribution in [0.2, 0.25) is 0 Å². The molecule has 0 radical (unpaired) electrons. The van der Waals surface area contributed by atoms with Crippen molar-refractivity contribution in [1.82, 2.24) is 14.8 Å². The highest BCUT2D eigenvalue weighted by Crippen LogP contribution is 2.28. The normalized spacial score (nSPS) is 11.0. The molecule has 2 aromatic carbocycles. The van der Waals surface area contributed by atoms with E-state index in [1.165, 1.54) is 5.56 Å². The Hall–Kier alpha value is -3.47. The van der Waals surface area contributed by atoms with Crippen LogP contribution in [0.4, 0.5) is 5.69 Å². The molecule has 140 valence electrons. The Labute approximate surface area is 164 Å². The van der Waals surface area contributed by atoms with E-state index < -0.39 is 0 Å². The first-order valence-electron chi connectivity index (χ1n) is 9.38. The third-order valence-electron chi connectivity index (χ3n) is 4.80. The van der Waals surface area contributed by atoms with Gasteiger partial charge in [-0.3, -0.25) is 4.79 Å². The Morgan fingerprint density at radius 2 is 1.75 bits per heavy atom. The quantitative estimate of drug-likeness (QED) is 0.551. The highest BCUT2D eigenvalue weighted by Gasteiger charge is 2.20. The van der Waals surface area contributed by atoms with Crippen molar-refractivity contribution in [2.75, 3.05) is 5.32 Å². The van der Waals surface area contributed by atoms with E-state index in [4.69, 9.17) is 4.98 Å². The first-order valence-corrected chi connectivity index (χ1v) is 9.38. The lowest BCUT2D eigenvalue weighted by molar-refractivity contribution is 0.102. The molecule has 5 nitrogen and oxygen atoms in total. The number of amides is 1. The van der Waals surface area contributed by atoms with Gasteiger partial charge in [-0.1, -0.05) is 48.0 Å². The van der Waals surface area contributed by atoms with E-state index >= 15 is 0 Å². The van der Waals surface area contributed by atoms with Crippen LogP contribution < -0.4 is 5.32 Å². The van der Waals surface area contributed by atoms with Gasteiger partial charge in [0.1, 0.15) is 0 Å². The molecule has 0 bridgehead atoms. The zero-order chi connectivity index (χ0) is 19.7. The van der Waals surface area contributed by atoms with Gasteiger partial charge >= 0.3 is 0 Å². The lowest BCUT2D eigenvalue weighted by atomic mass is 10.0. The number of rotatable bonds is 4. The molecule has 0 aliphatic carbocycles. The zero-order valence-corrected chi connectivity index (χ0v) is 16.2. The summed E-state index contributed by atoms with van der Waals surface area (Å²) in [6.45, 7) is 6.68. The molecular formula is C23H22N4O. The summed E-state index contributed by atoms with van der Waals surface area (Å²) in [5, 5.41) is 8.37. The first kappa shape index (κ1) is 17.9. The molecule has 0 saturated heterocycles. The number of hydrogen-bond acceptors (Lipinski definition) is 3. The molecule has 0 atom stereocenters. The number of fused-ring (bicyclic) bond motifs is 1. The van der Waals surface area contributed by atoms with Crippen LogP contribution in [0.15, 0.2) is 60.7 Å². The van der Waals surface area contributed by atoms with Crippen molar-refractivity contribution in [1.29, 1.82) is 0 Å². The van der Waals surface area contributed by atoms with E-state index in [2.05, 4.69) is 17.3 Å². The highest BCUT2D eigenvalue weighted by molar-refractivity contribution is 6.13. The average molecular weight is 370 g/mol. The molecule has 4 aromatic rings. The van der Waals surface area contributed by atoms with Gasteiger partial charge in [0.25, 0.3) is 5.91 Å². The summed E-state index contributed by atoms with van der Waals surface area (Å²) in [5.41, 5.74) is 5.80. The standard InChI is InChI=1S/C23H22N4O/c1-4-27-22-21(16(3)26-27)19(23(28)24-18-8-6-5-7-9-18)14-20(25-22)17-12-10-15(2)11-13-17/h5-14H,4H2,1-3H3,(H,24,28). The van der Waals surface area contributed by atoms with Gasteiger partial charge in [0.05, 0.1) is 22.3 Å². The number of nitrogens with zero attached hydrogens (tertiary/aromatic N) is 3. The maximum absolute atomic E-state index is 13.1. The van der Waals surface area contributed by atoms with Crippen LogP contribution in [0.25, 0.3) is 22.3 Å². The van der Waals surface area contributed by atoms with Gasteiger partial charge in [0.15, 0.2) is 5.65 Å². The van der Waals surface area contributed by atoms with E-state index in [-0.39, 0.29) is 5.91 Å². The number of nitrogens with one attached hydrogen (secondary N) is 1. The number of carbonyl (C=O) groups is 1. The Bertz CT molecular complexity index is 1140. The second-order valence-corrected chi connectivity index (χ2v) is 6.84. The van der Waals surface area contributed by atoms with Gasteiger partial charge in [-0.05, 0) is 39.0 Å². The van der Waals surface area contributed by atoms with E-state index in [0.29, 0.717) is 12.1 Å². The largest absolute Gasteiger partial charge is 0.322 e. The Balaban J connectivity index is 1.89. The summed E-state index contributed by atoms with van der Waals surface area (Å²) in [4.78, 5) is 18.0. The molecule has 0 unspecified atom stereocenters. The summed E-state index contributed by atoms with van der Waals surface area (Å²) in [7, 11) is 0. The molecule has 2 heterocycles. The van der Waals surface area contributed by atoms with Crippen molar-refractivity contribution in [2.45, 2.75) is 27.3 Å². The van der Waals surface area contributed by atoms with E-state index in [0.717, 1.165) is 33.7 Å². The van der Waals surface area contributed by atoms with Gasteiger partial charge in [-0.2, -0.15) is 5.10 Å². The van der Waals surface area contributed by atoms with E-state index in [1.807, 2.05) is 79.2 Å². The fourth-order valence-electron chi connectivity index (χ4n) is 3.35. The molecule has 0 saturated carbocycles. The molecule has 4 rings (SSSR count). The minimum absolute atomic E-state index is 0.161. The summed E-state index contributed by atoms with van der Waals surface area (Å²) in [5.74, 6) is -0.161. The third-order valence-corrected chi connectivity index (χ3v) is 4.80. The van der Waals surface area contributed by atoms with Crippen LogP contribution in [-0.4, -0.2) is 20.7 Å². The number of benzene rings is 2. The van der Waals surface area contributed by atoms with Gasteiger partial charge in [-0.25, -0.2) is 9.67 Å². The fourth-order valence-corrected chi connectivity index (χ4v) is 3.35. The maximum atomic E-state index is 13.1. The molecule has 5 heteroatoms. The lowest BCUT2D eigenvalue weighted by Gasteiger charge is -2.10. The second-order valence-electron chi connectivity index (χ2n) is 6.84. The van der Waals surface area contributed by atoms with Crippen molar-refractivity contribution in [3.8, 4) is 11.3 Å². The monoisotopic (exact) mass is 370 g/mol. The van der Waals surface area contributed by atoms with Crippen molar-refractivity contribution in [2.24, 2.45) is 0 Å². The first-order chi connectivity index (χ1) is 13.6. The Kier molecular flexibility index (Phi) is 4.65. The van der Waals surface area contributed by atoms with Crippen LogP contribution in [0.3, 0.4) is 0 Å². The Morgan fingerprint density at radius 3 is 2.43 bits per heavy atom. The minimum Gasteiger partial charge on any atom is -0.322 e. The average Bonchev–Trinajstić information content (AvgIpc) is 3.04. The number of carbonyl (C=O) groups excluding carboxylic acids is 1. The summed E-state index contributed by atoms with van der Waals surface area (Å²) in [6, 6.07) is 19.5. The summed E-state index contributed by atoms with van der Waals surface area (Å²) in [6.07, 6.45) is 0. The number of aryl methyl sites for hydroxylation is 3. The zero-order valence-electron chi connectivity index (χ0n) is 16.2. The van der Waals surface area contributed by atoms with Crippen molar-refractivity contribution in [3.05, 3.63) is 77.5 Å². The maximum Gasteiger partial charge on any atom is 0.256 e. The summed E-state index contributed by atoms with van der Waals surface area (Å²) >= 11 is 0. The smallest absolute Gasteiger partial charge is 0.256 e. The van der Waals surface area contributed by atoms with Crippen molar-refractivity contribution >= 4 is 22.6 Å². The third kappa shape index (κ3) is 3.27. The van der Waals surface area contributed by atoms with Crippen LogP contribution in [0, 0.1) is 13.8 Å². The lowest BCUT2D eigenvalue weighted by Crippen LogP contribution is -2.13. The molecular weight excluding hydrogens is 348 g/mol. The molecule has 0 aliphatic heterocycles. The van der Waals surface area contributed by atoms with Crippen LogP contribution in [0.1, 0.15) is 28.5 Å². The minimum atomic E-state index is -0.161. The number of aromatic nitrogens is 3. The molecule has 0 fully saturated rings. The highest BCUT2D eigenvalue weighted by atomic mass is 16.1. The molecule has 0 aliphatic rings. The molecule has 28 heavy (non-hydrogen) atoms. The van der Waals surface area contributed by atoms with Crippen LogP contribution in [-0.2, 0) is 6.54 Å². The predicted octanol–water partition coefficient (Wildman–Crippen LogP) is 4.99. The topological polar surface area (TPSA) is 59.8 Å². The molecule has 1 N–H and O–H groups in total. The van der Waals surface area contributed by atoms with Crippen molar-refractivity contribution < 1.29 is 4.79 Å². The fraction of sp³-hybridized carbons (Fsp3) is 0.174. The van der Waals surface area contributed by atoms with Crippen molar-refractivity contribution in [3.63, 3.8) is 0 Å². The molecule has 0 spiro atoms. The molecule has 2 aromatic heterocycles. The Morgan fingerprint density at radius 1 is 1.04 bits per heavy atom. The van der Waals surface area contributed by atoms with Gasteiger partial charge in [-0.15, -0.1) is 0 Å². The van der Waals surface area contributed by atoms with Gasteiger partial charge < -0.3 is 5.32 Å². The van der Waals surface area contributed by atoms with E-state index in [1.54, 1.807) is 0 Å². The van der Waals surface area contributed by atoms with E-state index in [9.17, 15) is 4.79 Å². The number of pyridine rings is 1. The summed E-state index contributed by atoms with van der Waals surface area (Å²) < 4.78 is 1.85. The van der Waals surface area contributed by atoms with Crippen LogP contribution >= 0.6 is 0 Å². The van der Waals surface area contributed by atoms with Gasteiger partial charge in [0, 0.05) is 17.8 Å². The number of para-hydroxylation sites is 1. The predicted molar refractivity (Wildman–Crippen MR) is 113 cm³/mol. The second kappa shape index (κ2) is 7.27. The SMILES string of the molecule is CCn1nc(C)c2c(C(=O)Nc3ccccc3)cc(-c3ccc(C)cc3)nc21. The van der Waals surface area contributed by atoms with Gasteiger partial charge in [0.2, 0.25) is 0 Å². The number of anilines is 1. The number of hydrogen-bond donors (Lipinski definition) is 1. The molecule has 1 amide bonds. The van der Waals surface area contributed by atoms with Crippen LogP contribution in [0.5, 0.6) is 0 Å².